The third kappa shape index (κ3) is 1.36. The molecule has 2 aromatic rings. The number of nitrogens with zero attached hydrogens (tertiary/aromatic N) is 4. The zero-order valence-electron chi connectivity index (χ0n) is 8.92. The topological polar surface area (TPSA) is 85.7 Å². The van der Waals surface area contributed by atoms with Gasteiger partial charge in [0.05, 0.1) is 17.8 Å². The molecule has 6 heteroatoms. The molecule has 1 aliphatic heterocycles. The molecule has 0 aliphatic carbocycles. The largest absolute Gasteiger partial charge is 0.294 e. The maximum absolute atomic E-state index is 11.9. The summed E-state index contributed by atoms with van der Waals surface area (Å²) in [5, 5.41) is 16.6. The van der Waals surface area contributed by atoms with Crippen LogP contribution in [-0.4, -0.2) is 27.6 Å². The van der Waals surface area contributed by atoms with Crippen molar-refractivity contribution in [2.24, 2.45) is 5.92 Å². The zero-order chi connectivity index (χ0) is 11.8. The van der Waals surface area contributed by atoms with Crippen LogP contribution in [0, 0.1) is 17.2 Å². The van der Waals surface area contributed by atoms with E-state index in [1.54, 1.807) is 23.4 Å². The van der Waals surface area contributed by atoms with Crippen LogP contribution in [0.1, 0.15) is 6.42 Å². The normalized spacial score (nSPS) is 19.8. The minimum absolute atomic E-state index is 0.169. The van der Waals surface area contributed by atoms with Crippen LogP contribution in [0.3, 0.4) is 0 Å². The van der Waals surface area contributed by atoms with E-state index in [4.69, 9.17) is 5.26 Å². The number of H-pyrrole nitrogens is 1. The Morgan fingerprint density at radius 1 is 1.59 bits per heavy atom. The van der Waals surface area contributed by atoms with Crippen molar-refractivity contribution < 1.29 is 4.79 Å². The SMILES string of the molecule is N#CC1CCN(c2n[nH]c3cnccc23)C1=O. The summed E-state index contributed by atoms with van der Waals surface area (Å²) in [5.41, 5.74) is 0.788. The quantitative estimate of drug-likeness (QED) is 0.782. The van der Waals surface area contributed by atoms with Gasteiger partial charge in [-0.15, -0.1) is 0 Å². The van der Waals surface area contributed by atoms with Crippen molar-refractivity contribution in [3.8, 4) is 6.07 Å². The standard InChI is InChI=1S/C11H9N5O/c12-5-7-2-4-16(11(7)17)10-8-1-3-13-6-9(8)14-15-10/h1,3,6-7H,2,4H2,(H,14,15). The number of aromatic amines is 1. The highest BCUT2D eigenvalue weighted by Crippen LogP contribution is 2.28. The molecule has 1 N–H and O–H groups in total. The van der Waals surface area contributed by atoms with Crippen molar-refractivity contribution in [3.63, 3.8) is 0 Å². The lowest BCUT2D eigenvalue weighted by Crippen LogP contribution is -2.27. The predicted molar refractivity (Wildman–Crippen MR) is 60.0 cm³/mol. The Bertz CT molecular complexity index is 626. The highest BCUT2D eigenvalue weighted by molar-refractivity contribution is 6.04. The Kier molecular flexibility index (Phi) is 2.05. The van der Waals surface area contributed by atoms with Crippen molar-refractivity contribution in [3.05, 3.63) is 18.5 Å². The number of nitriles is 1. The van der Waals surface area contributed by atoms with E-state index in [0.29, 0.717) is 18.8 Å². The molecular weight excluding hydrogens is 218 g/mol. The number of rotatable bonds is 1. The monoisotopic (exact) mass is 227 g/mol. The van der Waals surface area contributed by atoms with Gasteiger partial charge < -0.3 is 0 Å². The molecule has 3 heterocycles. The number of carbonyl (C=O) groups is 1. The van der Waals surface area contributed by atoms with Gasteiger partial charge in [-0.3, -0.25) is 19.8 Å². The summed E-state index contributed by atoms with van der Waals surface area (Å²) in [6.45, 7) is 0.541. The first-order valence-electron chi connectivity index (χ1n) is 5.30. The molecule has 1 unspecified atom stereocenters. The maximum Gasteiger partial charge on any atom is 0.245 e. The van der Waals surface area contributed by atoms with E-state index in [0.717, 1.165) is 10.9 Å². The van der Waals surface area contributed by atoms with E-state index < -0.39 is 5.92 Å². The van der Waals surface area contributed by atoms with Crippen LogP contribution in [0.15, 0.2) is 18.5 Å². The third-order valence-corrected chi connectivity index (χ3v) is 2.96. The maximum atomic E-state index is 11.9. The number of carbonyl (C=O) groups excluding carboxylic acids is 1. The molecular formula is C11H9N5O. The third-order valence-electron chi connectivity index (χ3n) is 2.96. The highest BCUT2D eigenvalue weighted by atomic mass is 16.2. The van der Waals surface area contributed by atoms with Gasteiger partial charge >= 0.3 is 0 Å². The van der Waals surface area contributed by atoms with Crippen LogP contribution in [0.2, 0.25) is 0 Å². The summed E-state index contributed by atoms with van der Waals surface area (Å²) < 4.78 is 0. The fraction of sp³-hybridized carbons (Fsp3) is 0.273. The lowest BCUT2D eigenvalue weighted by atomic mass is 10.1. The van der Waals surface area contributed by atoms with Crippen LogP contribution in [-0.2, 0) is 4.79 Å². The second kappa shape index (κ2) is 3.56. The molecule has 6 nitrogen and oxygen atoms in total. The molecule has 84 valence electrons. The molecule has 0 saturated carbocycles. The second-order valence-corrected chi connectivity index (χ2v) is 3.93. The molecule has 1 atom stereocenters. The van der Waals surface area contributed by atoms with Crippen molar-refractivity contribution in [1.29, 1.82) is 5.26 Å². The lowest BCUT2D eigenvalue weighted by Gasteiger charge is -2.12. The summed E-state index contributed by atoms with van der Waals surface area (Å²) in [6.07, 6.45) is 3.88. The Labute approximate surface area is 96.9 Å². The molecule has 0 aromatic carbocycles. The van der Waals surface area contributed by atoms with Gasteiger partial charge in [0.2, 0.25) is 5.91 Å². The van der Waals surface area contributed by atoms with E-state index in [-0.39, 0.29) is 5.91 Å². The van der Waals surface area contributed by atoms with Gasteiger partial charge in [0.1, 0.15) is 5.92 Å². The number of amides is 1. The van der Waals surface area contributed by atoms with E-state index in [1.165, 1.54) is 0 Å². The van der Waals surface area contributed by atoms with Gasteiger partial charge in [-0.1, -0.05) is 0 Å². The minimum Gasteiger partial charge on any atom is -0.294 e. The summed E-state index contributed by atoms with van der Waals surface area (Å²) in [6, 6.07) is 3.82. The lowest BCUT2D eigenvalue weighted by molar-refractivity contribution is -0.119. The number of fused-ring (bicyclic) bond motifs is 1. The van der Waals surface area contributed by atoms with Gasteiger partial charge in [-0.2, -0.15) is 10.4 Å². The number of anilines is 1. The summed E-state index contributed by atoms with van der Waals surface area (Å²) in [4.78, 5) is 17.5. The molecule has 1 aliphatic rings. The first-order valence-corrected chi connectivity index (χ1v) is 5.30. The van der Waals surface area contributed by atoms with E-state index in [1.807, 2.05) is 6.07 Å². The number of pyridine rings is 1. The summed E-state index contributed by atoms with van der Waals surface area (Å²) in [5.74, 6) is -0.119. The number of hydrogen-bond donors (Lipinski definition) is 1. The Balaban J connectivity index is 2.06. The van der Waals surface area contributed by atoms with Crippen LogP contribution < -0.4 is 4.90 Å². The molecule has 1 amide bonds. The molecule has 17 heavy (non-hydrogen) atoms. The van der Waals surface area contributed by atoms with Crippen LogP contribution in [0.25, 0.3) is 10.9 Å². The van der Waals surface area contributed by atoms with Gasteiger partial charge in [-0.25, -0.2) is 0 Å². The van der Waals surface area contributed by atoms with Gasteiger partial charge in [0, 0.05) is 18.1 Å². The Hall–Kier alpha value is -2.42. The molecule has 1 saturated heterocycles. The van der Waals surface area contributed by atoms with Crippen LogP contribution in [0.4, 0.5) is 5.82 Å². The average Bonchev–Trinajstić information content (AvgIpc) is 2.92. The molecule has 1 fully saturated rings. The van der Waals surface area contributed by atoms with Crippen LogP contribution in [0.5, 0.6) is 0 Å². The van der Waals surface area contributed by atoms with Crippen molar-refractivity contribution in [1.82, 2.24) is 15.2 Å². The van der Waals surface area contributed by atoms with Gasteiger partial charge in [0.25, 0.3) is 0 Å². The zero-order valence-corrected chi connectivity index (χ0v) is 8.92. The van der Waals surface area contributed by atoms with Gasteiger partial charge in [-0.05, 0) is 12.5 Å². The predicted octanol–water partition coefficient (Wildman–Crippen LogP) is 0.834. The molecule has 2 aromatic heterocycles. The van der Waals surface area contributed by atoms with E-state index in [2.05, 4.69) is 15.2 Å². The highest BCUT2D eigenvalue weighted by Gasteiger charge is 2.34. The second-order valence-electron chi connectivity index (χ2n) is 3.93. The average molecular weight is 227 g/mol. The number of nitrogens with one attached hydrogen (secondary N) is 1. The first-order chi connectivity index (χ1) is 8.31. The molecule has 0 spiro atoms. The van der Waals surface area contributed by atoms with E-state index >= 15 is 0 Å². The number of aromatic nitrogens is 3. The van der Waals surface area contributed by atoms with Crippen molar-refractivity contribution >= 4 is 22.6 Å². The van der Waals surface area contributed by atoms with Gasteiger partial charge in [0.15, 0.2) is 5.82 Å². The molecule has 0 radical (unpaired) electrons. The first kappa shape index (κ1) is 9.78. The molecule has 0 bridgehead atoms. The van der Waals surface area contributed by atoms with E-state index in [9.17, 15) is 4.79 Å². The Morgan fingerprint density at radius 3 is 3.24 bits per heavy atom. The van der Waals surface area contributed by atoms with Crippen molar-refractivity contribution in [2.45, 2.75) is 6.42 Å². The summed E-state index contributed by atoms with van der Waals surface area (Å²) >= 11 is 0. The Morgan fingerprint density at radius 2 is 2.47 bits per heavy atom. The minimum atomic E-state index is -0.538. The number of hydrogen-bond acceptors (Lipinski definition) is 4. The summed E-state index contributed by atoms with van der Waals surface area (Å²) in [7, 11) is 0. The van der Waals surface area contributed by atoms with Crippen molar-refractivity contribution in [2.75, 3.05) is 11.4 Å². The smallest absolute Gasteiger partial charge is 0.245 e. The van der Waals surface area contributed by atoms with Crippen LogP contribution >= 0.6 is 0 Å². The molecule has 3 rings (SSSR count). The fourth-order valence-electron chi connectivity index (χ4n) is 2.07. The fourth-order valence-corrected chi connectivity index (χ4v) is 2.07.